The number of benzene rings is 2. The highest BCUT2D eigenvalue weighted by Gasteiger charge is 2.08. The number of halogens is 1. The van der Waals surface area contributed by atoms with E-state index in [0.29, 0.717) is 0 Å². The second kappa shape index (κ2) is 3.49. The molecular weight excluding hydrogens is 220 g/mol. The van der Waals surface area contributed by atoms with Crippen LogP contribution in [0, 0.1) is 0 Å². The van der Waals surface area contributed by atoms with Gasteiger partial charge in [-0.1, -0.05) is 24.3 Å². The zero-order chi connectivity index (χ0) is 11.1. The molecule has 0 amide bonds. The van der Waals surface area contributed by atoms with Gasteiger partial charge < -0.3 is 4.98 Å². The number of aromatic nitrogens is 2. The molecule has 0 aliphatic carbocycles. The Morgan fingerprint density at radius 1 is 1.19 bits per heavy atom. The fraction of sp³-hybridized carbons (Fsp3) is 0.154. The number of H-pyrrole nitrogens is 1. The van der Waals surface area contributed by atoms with Gasteiger partial charge in [0.1, 0.15) is 5.82 Å². The summed E-state index contributed by atoms with van der Waals surface area (Å²) < 4.78 is 0. The Balaban J connectivity index is 2.34. The highest BCUT2D eigenvalue weighted by Crippen LogP contribution is 2.24. The Morgan fingerprint density at radius 3 is 2.56 bits per heavy atom. The molecule has 1 atom stereocenters. The van der Waals surface area contributed by atoms with Crippen LogP contribution in [0.3, 0.4) is 0 Å². The summed E-state index contributed by atoms with van der Waals surface area (Å²) in [6.45, 7) is 1.92. The molecule has 2 nitrogen and oxygen atoms in total. The van der Waals surface area contributed by atoms with Crippen LogP contribution in [-0.2, 0) is 0 Å². The minimum atomic E-state index is -0.0875. The lowest BCUT2D eigenvalue weighted by Gasteiger charge is -1.95. The Labute approximate surface area is 98.3 Å². The summed E-state index contributed by atoms with van der Waals surface area (Å²) in [5.74, 6) is 0.826. The van der Waals surface area contributed by atoms with Crippen molar-refractivity contribution in [2.45, 2.75) is 12.3 Å². The summed E-state index contributed by atoms with van der Waals surface area (Å²) in [5, 5.41) is 2.33. The number of hydrogen-bond donors (Lipinski definition) is 1. The lowest BCUT2D eigenvalue weighted by molar-refractivity contribution is 0.962. The van der Waals surface area contributed by atoms with Gasteiger partial charge in [0.05, 0.1) is 16.4 Å². The maximum atomic E-state index is 6.01. The summed E-state index contributed by atoms with van der Waals surface area (Å²) in [6.07, 6.45) is 0. The van der Waals surface area contributed by atoms with Crippen LogP contribution in [0.25, 0.3) is 21.8 Å². The monoisotopic (exact) mass is 230 g/mol. The van der Waals surface area contributed by atoms with Crippen LogP contribution < -0.4 is 0 Å². The highest BCUT2D eigenvalue weighted by atomic mass is 35.5. The van der Waals surface area contributed by atoms with E-state index in [4.69, 9.17) is 11.6 Å². The largest absolute Gasteiger partial charge is 0.341 e. The fourth-order valence-electron chi connectivity index (χ4n) is 1.90. The van der Waals surface area contributed by atoms with Crippen LogP contribution in [0.1, 0.15) is 18.1 Å². The lowest BCUT2D eigenvalue weighted by Crippen LogP contribution is -1.85. The molecule has 1 unspecified atom stereocenters. The molecule has 0 aliphatic heterocycles. The first-order chi connectivity index (χ1) is 7.74. The molecule has 1 N–H and O–H groups in total. The summed E-state index contributed by atoms with van der Waals surface area (Å²) in [7, 11) is 0. The Bertz CT molecular complexity index is 603. The Kier molecular flexibility index (Phi) is 2.11. The first kappa shape index (κ1) is 9.67. The summed E-state index contributed by atoms with van der Waals surface area (Å²) in [4.78, 5) is 7.72. The number of imidazole rings is 1. The Hall–Kier alpha value is -1.54. The van der Waals surface area contributed by atoms with Crippen molar-refractivity contribution in [2.75, 3.05) is 0 Å². The molecule has 16 heavy (non-hydrogen) atoms. The number of hydrogen-bond acceptors (Lipinski definition) is 1. The maximum absolute atomic E-state index is 6.01. The van der Waals surface area contributed by atoms with Gasteiger partial charge in [-0.05, 0) is 29.8 Å². The van der Waals surface area contributed by atoms with Crippen molar-refractivity contribution >= 4 is 33.4 Å². The predicted molar refractivity (Wildman–Crippen MR) is 67.9 cm³/mol. The van der Waals surface area contributed by atoms with Crippen LogP contribution in [0.15, 0.2) is 36.4 Å². The van der Waals surface area contributed by atoms with Gasteiger partial charge in [0.2, 0.25) is 0 Å². The molecule has 0 saturated heterocycles. The second-order valence-electron chi connectivity index (χ2n) is 3.95. The smallest absolute Gasteiger partial charge is 0.125 e. The normalized spacial score (nSPS) is 13.4. The molecular formula is C13H11ClN2. The quantitative estimate of drug-likeness (QED) is 0.629. The van der Waals surface area contributed by atoms with Gasteiger partial charge in [0, 0.05) is 0 Å². The first-order valence-corrected chi connectivity index (χ1v) is 5.70. The van der Waals surface area contributed by atoms with Crippen molar-refractivity contribution in [1.82, 2.24) is 9.97 Å². The van der Waals surface area contributed by atoms with Crippen molar-refractivity contribution in [3.63, 3.8) is 0 Å². The van der Waals surface area contributed by atoms with Crippen LogP contribution in [0.2, 0.25) is 0 Å². The molecule has 3 rings (SSSR count). The van der Waals surface area contributed by atoms with E-state index in [1.165, 1.54) is 10.8 Å². The number of nitrogens with zero attached hydrogens (tertiary/aromatic N) is 1. The molecule has 0 spiro atoms. The highest BCUT2D eigenvalue weighted by molar-refractivity contribution is 6.20. The fourth-order valence-corrected chi connectivity index (χ4v) is 2.01. The van der Waals surface area contributed by atoms with Crippen LogP contribution in [0.5, 0.6) is 0 Å². The zero-order valence-corrected chi connectivity index (χ0v) is 9.62. The maximum Gasteiger partial charge on any atom is 0.125 e. The number of fused-ring (bicyclic) bond motifs is 2. The molecule has 0 aliphatic rings. The van der Waals surface area contributed by atoms with E-state index in [-0.39, 0.29) is 5.38 Å². The lowest BCUT2D eigenvalue weighted by atomic mass is 10.1. The minimum absolute atomic E-state index is 0.0875. The topological polar surface area (TPSA) is 28.7 Å². The van der Waals surface area contributed by atoms with E-state index in [9.17, 15) is 0 Å². The molecule has 1 heterocycles. The number of rotatable bonds is 1. The van der Waals surface area contributed by atoms with Gasteiger partial charge >= 0.3 is 0 Å². The molecule has 3 heteroatoms. The number of aromatic amines is 1. The van der Waals surface area contributed by atoms with E-state index >= 15 is 0 Å². The molecule has 3 aromatic rings. The van der Waals surface area contributed by atoms with Crippen LogP contribution in [0.4, 0.5) is 0 Å². The SMILES string of the molecule is CC(Cl)c1nc2cc3ccccc3cc2[nH]1. The van der Waals surface area contributed by atoms with Gasteiger partial charge in [-0.2, -0.15) is 0 Å². The zero-order valence-electron chi connectivity index (χ0n) is 8.87. The van der Waals surface area contributed by atoms with E-state index in [1.807, 2.05) is 19.1 Å². The van der Waals surface area contributed by atoms with Gasteiger partial charge in [0.25, 0.3) is 0 Å². The molecule has 1 aromatic heterocycles. The van der Waals surface area contributed by atoms with Gasteiger partial charge in [-0.3, -0.25) is 0 Å². The van der Waals surface area contributed by atoms with Crippen molar-refractivity contribution < 1.29 is 0 Å². The predicted octanol–water partition coefficient (Wildman–Crippen LogP) is 4.02. The van der Waals surface area contributed by atoms with E-state index in [0.717, 1.165) is 16.9 Å². The third-order valence-electron chi connectivity index (χ3n) is 2.74. The van der Waals surface area contributed by atoms with Gasteiger partial charge in [0.15, 0.2) is 0 Å². The number of alkyl halides is 1. The van der Waals surface area contributed by atoms with E-state index < -0.39 is 0 Å². The molecule has 0 fully saturated rings. The molecule has 0 radical (unpaired) electrons. The van der Waals surface area contributed by atoms with Crippen molar-refractivity contribution in [2.24, 2.45) is 0 Å². The molecule has 0 saturated carbocycles. The summed E-state index contributed by atoms with van der Waals surface area (Å²) >= 11 is 6.01. The minimum Gasteiger partial charge on any atom is -0.341 e. The molecule has 80 valence electrons. The average Bonchev–Trinajstić information content (AvgIpc) is 2.68. The average molecular weight is 231 g/mol. The standard InChI is InChI=1S/C13H11ClN2/c1-8(14)13-15-11-6-9-4-2-3-5-10(9)7-12(11)16-13/h2-8H,1H3,(H,15,16). The third-order valence-corrected chi connectivity index (χ3v) is 2.95. The first-order valence-electron chi connectivity index (χ1n) is 5.26. The van der Waals surface area contributed by atoms with Gasteiger partial charge in [-0.25, -0.2) is 4.98 Å². The molecule has 2 aromatic carbocycles. The van der Waals surface area contributed by atoms with Crippen molar-refractivity contribution in [3.05, 3.63) is 42.2 Å². The number of nitrogens with one attached hydrogen (secondary N) is 1. The van der Waals surface area contributed by atoms with Crippen molar-refractivity contribution in [3.8, 4) is 0 Å². The third kappa shape index (κ3) is 1.46. The van der Waals surface area contributed by atoms with Crippen LogP contribution in [-0.4, -0.2) is 9.97 Å². The molecule has 0 bridgehead atoms. The summed E-state index contributed by atoms with van der Waals surface area (Å²) in [6, 6.07) is 12.5. The summed E-state index contributed by atoms with van der Waals surface area (Å²) in [5.41, 5.74) is 2.02. The van der Waals surface area contributed by atoms with Gasteiger partial charge in [-0.15, -0.1) is 11.6 Å². The van der Waals surface area contributed by atoms with Crippen LogP contribution >= 0.6 is 11.6 Å². The van der Waals surface area contributed by atoms with E-state index in [2.05, 4.69) is 34.2 Å². The van der Waals surface area contributed by atoms with E-state index in [1.54, 1.807) is 0 Å². The Morgan fingerprint density at radius 2 is 1.88 bits per heavy atom. The van der Waals surface area contributed by atoms with Crippen molar-refractivity contribution in [1.29, 1.82) is 0 Å². The second-order valence-corrected chi connectivity index (χ2v) is 4.61.